The van der Waals surface area contributed by atoms with Gasteiger partial charge in [-0.1, -0.05) is 88.9 Å². The standard InChI is InChI=1S/C48H40Cl4F6N6O5/c1-24(2)69-41-38(50)32-19-30(46(66,26-8-6-5-7-9-26)27-14-16-64(17-15-27)25(3)65)20-33(39(32)62-43(41)52)44-60-22-36(63(44)4)47(67,29-11-13-35(59-21-29)48(56,57)58)28-10-12-34-31(18-28)37(49)40(42(51)61-34)68-23-45(53,54)55/h5-13,18-22,24,27,66-67H,14-17,23H2,1-4H3. The molecule has 21 heteroatoms. The average Bonchev–Trinajstić information content (AvgIpc) is 3.70. The Kier molecular flexibility index (Phi) is 13.6. The van der Waals surface area contributed by atoms with Crippen molar-refractivity contribution in [1.82, 2.24) is 29.4 Å². The molecule has 1 aliphatic heterocycles. The Labute approximate surface area is 410 Å². The minimum absolute atomic E-state index is 0.0302. The lowest BCUT2D eigenvalue weighted by Gasteiger charge is -2.42. The highest BCUT2D eigenvalue weighted by atomic mass is 35.5. The van der Waals surface area contributed by atoms with Gasteiger partial charge < -0.3 is 29.2 Å². The van der Waals surface area contributed by atoms with Gasteiger partial charge in [0.25, 0.3) is 0 Å². The van der Waals surface area contributed by atoms with Gasteiger partial charge in [-0.3, -0.25) is 9.78 Å². The Morgan fingerprint density at radius 3 is 2.03 bits per heavy atom. The number of fused-ring (bicyclic) bond motifs is 2. The van der Waals surface area contributed by atoms with Crippen LogP contribution in [0.4, 0.5) is 26.3 Å². The molecule has 3 aromatic carbocycles. The van der Waals surface area contributed by atoms with Crippen LogP contribution in [0.5, 0.6) is 11.5 Å². The maximum atomic E-state index is 13.9. The summed E-state index contributed by atoms with van der Waals surface area (Å²) >= 11 is 26.8. The van der Waals surface area contributed by atoms with Crippen LogP contribution in [0.25, 0.3) is 33.2 Å². The number of amides is 1. The second-order valence-corrected chi connectivity index (χ2v) is 18.4. The summed E-state index contributed by atoms with van der Waals surface area (Å²) in [6, 6.07) is 18.1. The molecule has 1 aliphatic rings. The van der Waals surface area contributed by atoms with Crippen molar-refractivity contribution in [2.24, 2.45) is 13.0 Å². The Morgan fingerprint density at radius 2 is 1.42 bits per heavy atom. The van der Waals surface area contributed by atoms with Gasteiger partial charge >= 0.3 is 12.4 Å². The number of likely N-dealkylation sites (tertiary alicyclic amines) is 1. The number of hydrogen-bond donors (Lipinski definition) is 2. The number of aromatic nitrogens is 5. The number of pyridine rings is 3. The first kappa shape index (κ1) is 50.0. The molecular weight excluding hydrogens is 996 g/mol. The number of carbonyl (C=O) groups excluding carboxylic acids is 1. The fraction of sp³-hybridized carbons (Fsp3) is 0.312. The van der Waals surface area contributed by atoms with E-state index in [1.54, 1.807) is 55.1 Å². The molecule has 0 bridgehead atoms. The third kappa shape index (κ3) is 9.36. The number of aliphatic hydroxyl groups is 2. The minimum atomic E-state index is -4.85. The van der Waals surface area contributed by atoms with Gasteiger partial charge in [-0.25, -0.2) is 15.0 Å². The number of nitrogens with zero attached hydrogens (tertiary/aromatic N) is 6. The highest BCUT2D eigenvalue weighted by Gasteiger charge is 2.44. The van der Waals surface area contributed by atoms with Gasteiger partial charge in [0.15, 0.2) is 34.0 Å². The molecule has 8 rings (SSSR count). The van der Waals surface area contributed by atoms with E-state index in [9.17, 15) is 41.4 Å². The van der Waals surface area contributed by atoms with E-state index in [4.69, 9.17) is 65.8 Å². The molecule has 1 amide bonds. The molecule has 1 saturated heterocycles. The zero-order valence-electron chi connectivity index (χ0n) is 36.9. The van der Waals surface area contributed by atoms with E-state index in [1.165, 1.54) is 42.9 Å². The Bertz CT molecular complexity index is 3100. The number of alkyl halides is 6. The van der Waals surface area contributed by atoms with Crippen LogP contribution in [-0.4, -0.2) is 77.5 Å². The van der Waals surface area contributed by atoms with Gasteiger partial charge in [0.1, 0.15) is 17.1 Å². The van der Waals surface area contributed by atoms with Crippen molar-refractivity contribution in [2.45, 2.75) is 63.3 Å². The average molecular weight is 1040 g/mol. The molecular formula is C48H40Cl4F6N6O5. The van der Waals surface area contributed by atoms with Crippen LogP contribution in [0.3, 0.4) is 0 Å². The quantitative estimate of drug-likeness (QED) is 0.0959. The van der Waals surface area contributed by atoms with E-state index >= 15 is 0 Å². The zero-order chi connectivity index (χ0) is 50.0. The first-order chi connectivity index (χ1) is 32.4. The minimum Gasteiger partial charge on any atom is -0.486 e. The first-order valence-corrected chi connectivity index (χ1v) is 22.7. The third-order valence-corrected chi connectivity index (χ3v) is 13.5. The van der Waals surface area contributed by atoms with E-state index in [1.807, 2.05) is 6.07 Å². The monoisotopic (exact) mass is 1030 g/mol. The molecule has 5 heterocycles. The lowest BCUT2D eigenvalue weighted by Crippen LogP contribution is -2.45. The van der Waals surface area contributed by atoms with Crippen molar-refractivity contribution in [1.29, 1.82) is 0 Å². The highest BCUT2D eigenvalue weighted by Crippen LogP contribution is 2.49. The third-order valence-electron chi connectivity index (χ3n) is 12.2. The summed E-state index contributed by atoms with van der Waals surface area (Å²) in [5, 5.41) is 25.9. The van der Waals surface area contributed by atoms with Gasteiger partial charge in [0.2, 0.25) is 5.91 Å². The predicted octanol–water partition coefficient (Wildman–Crippen LogP) is 11.7. The van der Waals surface area contributed by atoms with Crippen LogP contribution >= 0.6 is 46.4 Å². The molecule has 0 saturated carbocycles. The Balaban J connectivity index is 1.38. The summed E-state index contributed by atoms with van der Waals surface area (Å²) in [6.07, 6.45) is -7.06. The molecule has 0 spiro atoms. The fourth-order valence-electron chi connectivity index (χ4n) is 8.87. The maximum absolute atomic E-state index is 13.9. The molecule has 0 radical (unpaired) electrons. The topological polar surface area (TPSA) is 136 Å². The molecule has 69 heavy (non-hydrogen) atoms. The molecule has 2 unspecified atom stereocenters. The van der Waals surface area contributed by atoms with E-state index in [0.29, 0.717) is 48.5 Å². The summed E-state index contributed by atoms with van der Waals surface area (Å²) in [5.74, 6) is -0.957. The number of rotatable bonds is 11. The van der Waals surface area contributed by atoms with Crippen molar-refractivity contribution >= 4 is 74.1 Å². The highest BCUT2D eigenvalue weighted by molar-refractivity contribution is 6.41. The molecule has 7 aromatic rings. The largest absolute Gasteiger partial charge is 0.486 e. The zero-order valence-corrected chi connectivity index (χ0v) is 39.9. The number of benzene rings is 3. The van der Waals surface area contributed by atoms with Gasteiger partial charge in [-0.15, -0.1) is 0 Å². The lowest BCUT2D eigenvalue weighted by atomic mass is 9.71. The Morgan fingerprint density at radius 1 is 0.783 bits per heavy atom. The van der Waals surface area contributed by atoms with Crippen molar-refractivity contribution in [3.8, 4) is 22.9 Å². The summed E-state index contributed by atoms with van der Waals surface area (Å²) in [5.41, 5.74) is -4.34. The van der Waals surface area contributed by atoms with E-state index in [0.717, 1.165) is 12.3 Å². The fourth-order valence-corrected chi connectivity index (χ4v) is 10.0. The molecule has 1 fully saturated rings. The summed E-state index contributed by atoms with van der Waals surface area (Å²) < 4.78 is 93.8. The van der Waals surface area contributed by atoms with Gasteiger partial charge in [-0.05, 0) is 79.6 Å². The smallest absolute Gasteiger partial charge is 0.433 e. The molecule has 11 nitrogen and oxygen atoms in total. The van der Waals surface area contributed by atoms with Crippen molar-refractivity contribution in [3.05, 3.63) is 139 Å². The Hall–Kier alpha value is -5.43. The summed E-state index contributed by atoms with van der Waals surface area (Å²) in [7, 11) is 1.53. The van der Waals surface area contributed by atoms with Crippen LogP contribution in [0.15, 0.2) is 85.2 Å². The van der Waals surface area contributed by atoms with Crippen LogP contribution in [-0.2, 0) is 29.2 Å². The van der Waals surface area contributed by atoms with E-state index < -0.39 is 57.7 Å². The van der Waals surface area contributed by atoms with Crippen molar-refractivity contribution in [2.75, 3.05) is 19.7 Å². The van der Waals surface area contributed by atoms with E-state index in [-0.39, 0.29) is 72.6 Å². The molecule has 4 aromatic heterocycles. The molecule has 0 aliphatic carbocycles. The van der Waals surface area contributed by atoms with Gasteiger partial charge in [0, 0.05) is 55.2 Å². The van der Waals surface area contributed by atoms with Gasteiger partial charge in [0.05, 0.1) is 39.1 Å². The second kappa shape index (κ2) is 18.7. The van der Waals surface area contributed by atoms with Crippen LogP contribution < -0.4 is 9.47 Å². The summed E-state index contributed by atoms with van der Waals surface area (Å²) in [6.45, 7) is 4.05. The number of ether oxygens (including phenoxy) is 2. The molecule has 2 N–H and O–H groups in total. The van der Waals surface area contributed by atoms with Gasteiger partial charge in [-0.2, -0.15) is 26.3 Å². The van der Waals surface area contributed by atoms with Crippen LogP contribution in [0.2, 0.25) is 20.4 Å². The lowest BCUT2D eigenvalue weighted by molar-refractivity contribution is -0.153. The predicted molar refractivity (Wildman–Crippen MR) is 249 cm³/mol. The normalized spacial score (nSPS) is 15.7. The second-order valence-electron chi connectivity index (χ2n) is 16.9. The molecule has 2 atom stereocenters. The molecule has 362 valence electrons. The number of imidazole rings is 1. The van der Waals surface area contributed by atoms with Crippen molar-refractivity contribution < 1.29 is 50.8 Å². The number of halogens is 10. The van der Waals surface area contributed by atoms with Crippen LogP contribution in [0.1, 0.15) is 67.3 Å². The SMILES string of the molecule is CC(=O)N1CCC(C(O)(c2ccccc2)c2cc(-c3ncc(C(O)(c4ccc(C(F)(F)F)nc4)c4ccc5nc(Cl)c(OCC(F)(F)F)c(Cl)c5c4)n3C)c3nc(Cl)c(OC(C)C)c(Cl)c3c2)CC1. The maximum Gasteiger partial charge on any atom is 0.433 e. The van der Waals surface area contributed by atoms with Crippen molar-refractivity contribution in [3.63, 3.8) is 0 Å². The summed E-state index contributed by atoms with van der Waals surface area (Å²) in [4.78, 5) is 31.4. The van der Waals surface area contributed by atoms with Crippen LogP contribution in [0, 0.1) is 5.92 Å². The number of hydrogen-bond acceptors (Lipinski definition) is 9. The number of piperidine rings is 1. The number of carbonyl (C=O) groups is 1. The van der Waals surface area contributed by atoms with E-state index in [2.05, 4.69) is 9.97 Å². The first-order valence-electron chi connectivity index (χ1n) is 21.2.